The summed E-state index contributed by atoms with van der Waals surface area (Å²) < 4.78 is 84.6. The lowest BCUT2D eigenvalue weighted by Crippen LogP contribution is -2.17. The molecule has 0 amide bonds. The molecule has 234 valence electrons. The highest BCUT2D eigenvalue weighted by Crippen LogP contribution is 2.44. The average molecular weight is 642 g/mol. The number of Topliss-reactive ketones (excluding diaryl/α,β-unsaturated/α-hetero) is 1. The predicted molar refractivity (Wildman–Crippen MR) is 155 cm³/mol. The number of benzene rings is 2. The van der Waals surface area contributed by atoms with Crippen LogP contribution >= 0.6 is 0 Å². The minimum absolute atomic E-state index is 0.0661. The summed E-state index contributed by atoms with van der Waals surface area (Å²) in [6.07, 6.45) is -0.642. The quantitative estimate of drug-likeness (QED) is 0.256. The monoisotopic (exact) mass is 641 g/mol. The second kappa shape index (κ2) is 10.8. The number of carbonyl (C=O) groups excluding carboxylic acids is 1. The van der Waals surface area contributed by atoms with E-state index in [1.807, 2.05) is 0 Å². The lowest BCUT2D eigenvalue weighted by Gasteiger charge is -2.15. The summed E-state index contributed by atoms with van der Waals surface area (Å²) in [4.78, 5) is 16.3. The van der Waals surface area contributed by atoms with Crippen LogP contribution in [0.3, 0.4) is 0 Å². The van der Waals surface area contributed by atoms with Crippen LogP contribution in [0.5, 0.6) is 0 Å². The van der Waals surface area contributed by atoms with Gasteiger partial charge in [0.1, 0.15) is 29.1 Å². The number of oxazole rings is 1. The molecule has 1 atom stereocenters. The van der Waals surface area contributed by atoms with Crippen LogP contribution in [0.1, 0.15) is 41.0 Å². The van der Waals surface area contributed by atoms with E-state index in [1.54, 1.807) is 44.3 Å². The van der Waals surface area contributed by atoms with Gasteiger partial charge in [0.25, 0.3) is 0 Å². The number of sulfone groups is 1. The van der Waals surface area contributed by atoms with Crippen molar-refractivity contribution in [1.82, 2.24) is 14.8 Å². The predicted octanol–water partition coefficient (Wildman–Crippen LogP) is 5.59. The molecule has 0 radical (unpaired) electrons. The Kier molecular flexibility index (Phi) is 7.33. The van der Waals surface area contributed by atoms with Gasteiger partial charge >= 0.3 is 6.29 Å². The van der Waals surface area contributed by atoms with Gasteiger partial charge in [0.2, 0.25) is 0 Å². The number of alkyl halides is 2. The first kappa shape index (κ1) is 30.5. The van der Waals surface area contributed by atoms with E-state index in [0.29, 0.717) is 33.7 Å². The smallest absolute Gasteiger partial charge is 0.440 e. The van der Waals surface area contributed by atoms with Crippen molar-refractivity contribution in [3.63, 3.8) is 0 Å². The fraction of sp³-hybridized carbons (Fsp3) is 0.258. The van der Waals surface area contributed by atoms with Crippen LogP contribution < -0.4 is 0 Å². The van der Waals surface area contributed by atoms with Crippen molar-refractivity contribution < 1.29 is 45.4 Å². The van der Waals surface area contributed by atoms with Crippen LogP contribution in [0.15, 0.2) is 63.6 Å². The van der Waals surface area contributed by atoms with E-state index < -0.39 is 34.7 Å². The van der Waals surface area contributed by atoms with E-state index in [4.69, 9.17) is 9.15 Å². The second-order valence-electron chi connectivity index (χ2n) is 10.7. The number of rotatable bonds is 7. The van der Waals surface area contributed by atoms with Crippen molar-refractivity contribution in [3.05, 3.63) is 83.0 Å². The Bertz CT molecular complexity index is 2060. The lowest BCUT2D eigenvalue weighted by atomic mass is 9.92. The zero-order valence-electron chi connectivity index (χ0n) is 24.4. The molecule has 14 heteroatoms. The van der Waals surface area contributed by atoms with Crippen LogP contribution in [0, 0.1) is 12.7 Å². The molecule has 4 aromatic rings. The van der Waals surface area contributed by atoms with Crippen molar-refractivity contribution in [2.45, 2.75) is 44.2 Å². The van der Waals surface area contributed by atoms with Gasteiger partial charge < -0.3 is 14.3 Å². The molecular formula is C31H26F3N3O7S. The third-order valence-corrected chi connectivity index (χ3v) is 8.68. The summed E-state index contributed by atoms with van der Waals surface area (Å²) in [5, 5.41) is 14.0. The van der Waals surface area contributed by atoms with E-state index >= 15 is 4.39 Å². The summed E-state index contributed by atoms with van der Waals surface area (Å²) in [6, 6.07) is 8.96. The molecule has 6 rings (SSSR count). The lowest BCUT2D eigenvalue weighted by molar-refractivity contribution is -0.341. The molecule has 1 unspecified atom stereocenters. The highest BCUT2D eigenvalue weighted by atomic mass is 32.2. The van der Waals surface area contributed by atoms with Gasteiger partial charge in [-0.15, -0.1) is 8.78 Å². The summed E-state index contributed by atoms with van der Waals surface area (Å²) in [5.74, 6) is -0.762. The van der Waals surface area contributed by atoms with Crippen molar-refractivity contribution in [1.29, 1.82) is 0 Å². The highest BCUT2D eigenvalue weighted by Gasteiger charge is 2.48. The van der Waals surface area contributed by atoms with Gasteiger partial charge in [0.15, 0.2) is 27.3 Å². The largest absolute Gasteiger partial charge is 0.535 e. The number of aryl methyl sites for hydroxylation is 2. The topological polar surface area (TPSA) is 134 Å². The normalized spacial score (nSPS) is 17.5. The standard InChI is InChI=1S/C31H26F3N3O7S/c1-15(39)24-13-25(37(3)36-24)20-7-5-17(19-10-23(32)22(14-38)28(12-19)45(4,40)41)9-21(20)30-29(35-16(2)42-30)18-6-8-26-27(11-18)44-31(33,34)43-26/h5-7,9-13,26,38H,8,14H2,1-4H3. The van der Waals surface area contributed by atoms with Crippen LogP contribution in [0.25, 0.3) is 39.3 Å². The fourth-order valence-corrected chi connectivity index (χ4v) is 6.39. The van der Waals surface area contributed by atoms with E-state index in [2.05, 4.69) is 14.8 Å². The Balaban J connectivity index is 1.57. The Morgan fingerprint density at radius 1 is 1.16 bits per heavy atom. The average Bonchev–Trinajstić information content (AvgIpc) is 3.64. The molecule has 2 aliphatic rings. The first-order chi connectivity index (χ1) is 21.1. The van der Waals surface area contributed by atoms with E-state index in [0.717, 1.165) is 12.3 Å². The molecule has 1 saturated heterocycles. The Hall–Kier alpha value is -4.53. The molecule has 10 nitrogen and oxygen atoms in total. The van der Waals surface area contributed by atoms with Crippen molar-refractivity contribution in [3.8, 4) is 33.7 Å². The van der Waals surface area contributed by atoms with Crippen molar-refractivity contribution in [2.24, 2.45) is 7.05 Å². The number of fused-ring (bicyclic) bond motifs is 1. The van der Waals surface area contributed by atoms with Crippen LogP contribution in [-0.4, -0.2) is 52.7 Å². The number of ketones is 1. The molecular weight excluding hydrogens is 615 g/mol. The second-order valence-corrected chi connectivity index (χ2v) is 12.7. The maximum absolute atomic E-state index is 15.1. The molecule has 1 aliphatic carbocycles. The maximum Gasteiger partial charge on any atom is 0.535 e. The summed E-state index contributed by atoms with van der Waals surface area (Å²) in [6.45, 7) is 2.18. The zero-order chi connectivity index (χ0) is 32.4. The molecule has 1 fully saturated rings. The van der Waals surface area contributed by atoms with Crippen LogP contribution in [0.2, 0.25) is 0 Å². The molecule has 3 heterocycles. The molecule has 0 bridgehead atoms. The van der Waals surface area contributed by atoms with Crippen LogP contribution in [0.4, 0.5) is 13.2 Å². The van der Waals surface area contributed by atoms with Gasteiger partial charge in [0, 0.05) is 55.8 Å². The minimum Gasteiger partial charge on any atom is -0.440 e. The Morgan fingerprint density at radius 2 is 1.91 bits per heavy atom. The first-order valence-corrected chi connectivity index (χ1v) is 15.5. The Morgan fingerprint density at radius 3 is 2.58 bits per heavy atom. The van der Waals surface area contributed by atoms with Gasteiger partial charge in [-0.2, -0.15) is 5.10 Å². The third-order valence-electron chi connectivity index (χ3n) is 7.52. The fourth-order valence-electron chi connectivity index (χ4n) is 5.44. The number of ether oxygens (including phenoxy) is 2. The number of aliphatic hydroxyl groups is 1. The minimum atomic E-state index is -3.92. The molecule has 1 N–H and O–H groups in total. The van der Waals surface area contributed by atoms with Gasteiger partial charge in [-0.05, 0) is 41.5 Å². The summed E-state index contributed by atoms with van der Waals surface area (Å²) in [7, 11) is -2.27. The van der Waals surface area contributed by atoms with Crippen LogP contribution in [-0.2, 0) is 33.0 Å². The number of aliphatic hydroxyl groups excluding tert-OH is 1. The Labute approximate surface area is 255 Å². The molecule has 0 spiro atoms. The van der Waals surface area contributed by atoms with Gasteiger partial charge in [-0.1, -0.05) is 18.2 Å². The highest BCUT2D eigenvalue weighted by molar-refractivity contribution is 7.90. The zero-order valence-corrected chi connectivity index (χ0v) is 25.2. The third kappa shape index (κ3) is 5.60. The van der Waals surface area contributed by atoms with E-state index in [1.165, 1.54) is 23.7 Å². The van der Waals surface area contributed by atoms with E-state index in [-0.39, 0.29) is 51.3 Å². The summed E-state index contributed by atoms with van der Waals surface area (Å²) >= 11 is 0. The number of hydrogen-bond acceptors (Lipinski definition) is 9. The number of allylic oxidation sites excluding steroid dienone is 2. The molecule has 2 aromatic heterocycles. The molecule has 0 saturated carbocycles. The van der Waals surface area contributed by atoms with E-state index in [9.17, 15) is 27.1 Å². The molecule has 45 heavy (non-hydrogen) atoms. The van der Waals surface area contributed by atoms with Crippen molar-refractivity contribution in [2.75, 3.05) is 6.26 Å². The van der Waals surface area contributed by atoms with Gasteiger partial charge in [-0.25, -0.2) is 17.8 Å². The summed E-state index contributed by atoms with van der Waals surface area (Å²) in [5.41, 5.74) is 2.63. The molecule has 1 aliphatic heterocycles. The molecule has 2 aromatic carbocycles. The maximum atomic E-state index is 15.1. The SMILES string of the molecule is CC(=O)c1cc(-c2ccc(-c3cc(F)c(CO)c(S(C)(=O)=O)c3)cc2-c2oc(C)nc2C2=CCC3OC(F)(F)OC3=C2)n(C)n1. The van der Waals surface area contributed by atoms with Crippen molar-refractivity contribution >= 4 is 21.2 Å². The first-order valence-electron chi connectivity index (χ1n) is 13.6. The van der Waals surface area contributed by atoms with Gasteiger partial charge in [0.05, 0.1) is 17.2 Å². The number of halogens is 3. The number of aromatic nitrogens is 3. The number of hydrogen-bond donors (Lipinski definition) is 1. The number of nitrogens with zero attached hydrogens (tertiary/aromatic N) is 3. The number of carbonyl (C=O) groups is 1. The van der Waals surface area contributed by atoms with Gasteiger partial charge in [-0.3, -0.25) is 14.2 Å².